The molecular formula is C29H29Cl3N4O3S2. The largest absolute Gasteiger partial charge is 0.478 e. The number of nitrogens with zero attached hydrogens (tertiary/aromatic N) is 3. The lowest BCUT2D eigenvalue weighted by molar-refractivity contribution is -0.132. The van der Waals surface area contributed by atoms with Gasteiger partial charge < -0.3 is 10.0 Å². The van der Waals surface area contributed by atoms with Crippen LogP contribution in [0.15, 0.2) is 29.2 Å². The maximum atomic E-state index is 13.3. The SMILES string of the molecule is C/C(=C\c1c(Cl)cc(C(=O)Nc2nc(-c3cc(Cl)cs3)c(N3CC4CCN(C5CCCC5)C4C3)s2)cc1Cl)C(=O)O. The number of hydrogen-bond acceptors (Lipinski definition) is 7. The number of halogens is 3. The van der Waals surface area contributed by atoms with E-state index in [4.69, 9.17) is 39.8 Å². The van der Waals surface area contributed by atoms with E-state index in [1.54, 1.807) is 0 Å². The Kier molecular flexibility index (Phi) is 8.38. The van der Waals surface area contributed by atoms with Gasteiger partial charge in [-0.1, -0.05) is 59.0 Å². The first kappa shape index (κ1) is 29.0. The summed E-state index contributed by atoms with van der Waals surface area (Å²) in [6.07, 6.45) is 7.90. The maximum absolute atomic E-state index is 13.3. The molecule has 3 aliphatic rings. The molecule has 2 unspecified atom stereocenters. The first-order valence-electron chi connectivity index (χ1n) is 13.7. The van der Waals surface area contributed by atoms with Gasteiger partial charge in [0.25, 0.3) is 5.91 Å². The molecule has 2 saturated heterocycles. The molecule has 2 aromatic heterocycles. The maximum Gasteiger partial charge on any atom is 0.331 e. The second-order valence-corrected chi connectivity index (χ2v) is 14.1. The smallest absolute Gasteiger partial charge is 0.331 e. The molecule has 41 heavy (non-hydrogen) atoms. The summed E-state index contributed by atoms with van der Waals surface area (Å²) in [4.78, 5) is 35.5. The van der Waals surface area contributed by atoms with E-state index in [-0.39, 0.29) is 21.2 Å². The van der Waals surface area contributed by atoms with Crippen molar-refractivity contribution in [1.29, 1.82) is 0 Å². The fourth-order valence-corrected chi connectivity index (χ4v) is 9.05. The molecular weight excluding hydrogens is 623 g/mol. The van der Waals surface area contributed by atoms with Gasteiger partial charge in [0.15, 0.2) is 5.13 Å². The normalized spacial score (nSPS) is 21.6. The van der Waals surface area contributed by atoms with Crippen LogP contribution in [-0.2, 0) is 4.79 Å². The molecule has 216 valence electrons. The number of thiophene rings is 1. The Morgan fingerprint density at radius 2 is 1.83 bits per heavy atom. The van der Waals surface area contributed by atoms with Crippen LogP contribution in [0, 0.1) is 5.92 Å². The van der Waals surface area contributed by atoms with Crippen LogP contribution in [0.4, 0.5) is 10.1 Å². The highest BCUT2D eigenvalue weighted by Crippen LogP contribution is 2.46. The number of rotatable bonds is 7. The highest BCUT2D eigenvalue weighted by molar-refractivity contribution is 7.21. The predicted molar refractivity (Wildman–Crippen MR) is 169 cm³/mol. The second-order valence-electron chi connectivity index (χ2n) is 10.9. The van der Waals surface area contributed by atoms with E-state index in [0.717, 1.165) is 28.7 Å². The summed E-state index contributed by atoms with van der Waals surface area (Å²) in [5.41, 5.74) is 1.52. The van der Waals surface area contributed by atoms with Crippen LogP contribution in [0.3, 0.4) is 0 Å². The number of likely N-dealkylation sites (tertiary alicyclic amines) is 1. The van der Waals surface area contributed by atoms with Gasteiger partial charge in [-0.3, -0.25) is 15.0 Å². The van der Waals surface area contributed by atoms with Crippen LogP contribution in [-0.4, -0.2) is 58.6 Å². The number of aromatic nitrogens is 1. The summed E-state index contributed by atoms with van der Waals surface area (Å²) in [6.45, 7) is 4.58. The molecule has 0 radical (unpaired) electrons. The van der Waals surface area contributed by atoms with Crippen molar-refractivity contribution in [3.8, 4) is 10.6 Å². The lowest BCUT2D eigenvalue weighted by atomic mass is 10.0. The van der Waals surface area contributed by atoms with E-state index in [1.165, 1.54) is 86.5 Å². The summed E-state index contributed by atoms with van der Waals surface area (Å²) >= 11 is 22.1. The summed E-state index contributed by atoms with van der Waals surface area (Å²) in [7, 11) is 0. The number of carbonyl (C=O) groups excluding carboxylic acids is 1. The van der Waals surface area contributed by atoms with Crippen molar-refractivity contribution in [2.75, 3.05) is 29.9 Å². The standard InChI is InChI=1S/C29H29Cl3N4O3S2/c1-15(28(38)39)8-20-21(31)9-17(10-22(20)32)26(37)34-29-33-25(24-11-18(30)14-40-24)27(41-29)35-12-16-6-7-36(23(16)13-35)19-4-2-3-5-19/h8-11,14,16,19,23H,2-7,12-13H2,1H3,(H,38,39)(H,33,34,37)/b15-8+. The van der Waals surface area contributed by atoms with Gasteiger partial charge in [0.05, 0.1) is 19.9 Å². The van der Waals surface area contributed by atoms with E-state index in [0.29, 0.717) is 33.7 Å². The number of carboxylic acids is 1. The summed E-state index contributed by atoms with van der Waals surface area (Å²) in [5, 5.41) is 16.6. The molecule has 3 aromatic rings. The lowest BCUT2D eigenvalue weighted by Gasteiger charge is -2.30. The summed E-state index contributed by atoms with van der Waals surface area (Å²) < 4.78 is 0. The van der Waals surface area contributed by atoms with Gasteiger partial charge in [-0.2, -0.15) is 0 Å². The second kappa shape index (κ2) is 11.9. The van der Waals surface area contributed by atoms with E-state index in [9.17, 15) is 14.7 Å². The van der Waals surface area contributed by atoms with E-state index in [2.05, 4.69) is 15.1 Å². The van der Waals surface area contributed by atoms with Crippen molar-refractivity contribution in [3.05, 3.63) is 55.3 Å². The number of carbonyl (C=O) groups is 2. The Hall–Kier alpha value is -2.14. The fourth-order valence-electron chi connectivity index (χ4n) is 6.33. The number of nitrogens with one attached hydrogen (secondary N) is 1. The quantitative estimate of drug-likeness (QED) is 0.252. The number of anilines is 2. The van der Waals surface area contributed by atoms with Gasteiger partial charge in [-0.25, -0.2) is 9.78 Å². The lowest BCUT2D eigenvalue weighted by Crippen LogP contribution is -2.41. The average molecular weight is 652 g/mol. The molecule has 1 amide bonds. The van der Waals surface area contributed by atoms with Crippen LogP contribution >= 0.6 is 57.5 Å². The van der Waals surface area contributed by atoms with Gasteiger partial charge in [0.1, 0.15) is 10.7 Å². The molecule has 1 aromatic carbocycles. The Bertz CT molecular complexity index is 1510. The highest BCUT2D eigenvalue weighted by Gasteiger charge is 2.45. The van der Waals surface area contributed by atoms with Crippen LogP contribution < -0.4 is 10.2 Å². The van der Waals surface area contributed by atoms with Crippen molar-refractivity contribution in [1.82, 2.24) is 9.88 Å². The Balaban J connectivity index is 1.26. The number of thiazole rings is 1. The van der Waals surface area contributed by atoms with Gasteiger partial charge in [-0.05, 0) is 62.9 Å². The minimum absolute atomic E-state index is 0.0833. The van der Waals surface area contributed by atoms with E-state index < -0.39 is 11.9 Å². The van der Waals surface area contributed by atoms with Crippen molar-refractivity contribution in [3.63, 3.8) is 0 Å². The molecule has 12 heteroatoms. The van der Waals surface area contributed by atoms with Gasteiger partial charge in [0, 0.05) is 47.3 Å². The number of aliphatic carboxylic acids is 1. The molecule has 4 heterocycles. The molecule has 3 fully saturated rings. The number of fused-ring (bicyclic) bond motifs is 1. The zero-order chi connectivity index (χ0) is 28.8. The van der Waals surface area contributed by atoms with Gasteiger partial charge in [-0.15, -0.1) is 11.3 Å². The zero-order valence-electron chi connectivity index (χ0n) is 22.3. The molecule has 6 rings (SSSR count). The number of benzene rings is 1. The first-order valence-corrected chi connectivity index (χ1v) is 16.5. The molecule has 1 aliphatic carbocycles. The Morgan fingerprint density at radius 1 is 1.10 bits per heavy atom. The van der Waals surface area contributed by atoms with Crippen molar-refractivity contribution < 1.29 is 14.7 Å². The molecule has 2 N–H and O–H groups in total. The van der Waals surface area contributed by atoms with Crippen molar-refractivity contribution in [2.45, 2.75) is 51.1 Å². The Labute approximate surface area is 261 Å². The zero-order valence-corrected chi connectivity index (χ0v) is 26.2. The van der Waals surface area contributed by atoms with Crippen LogP contribution in [0.25, 0.3) is 16.6 Å². The first-order chi connectivity index (χ1) is 19.7. The molecule has 0 bridgehead atoms. The minimum atomic E-state index is -1.07. The summed E-state index contributed by atoms with van der Waals surface area (Å²) in [5.74, 6) is -0.840. The Morgan fingerprint density at radius 3 is 2.49 bits per heavy atom. The summed E-state index contributed by atoms with van der Waals surface area (Å²) in [6, 6.07) is 6.16. The fraction of sp³-hybridized carbons (Fsp3) is 0.414. The highest BCUT2D eigenvalue weighted by atomic mass is 35.5. The predicted octanol–water partition coefficient (Wildman–Crippen LogP) is 8.03. The minimum Gasteiger partial charge on any atom is -0.478 e. The molecule has 2 atom stereocenters. The van der Waals surface area contributed by atoms with Crippen molar-refractivity contribution in [2.24, 2.45) is 5.92 Å². The van der Waals surface area contributed by atoms with Crippen LogP contribution in [0.2, 0.25) is 15.1 Å². The van der Waals surface area contributed by atoms with Gasteiger partial charge >= 0.3 is 5.97 Å². The third kappa shape index (κ3) is 5.90. The molecule has 2 aliphatic heterocycles. The third-order valence-corrected chi connectivity index (χ3v) is 11.3. The van der Waals surface area contributed by atoms with Gasteiger partial charge in [0.2, 0.25) is 0 Å². The number of carboxylic acid groups (broad SMARTS) is 1. The van der Waals surface area contributed by atoms with Crippen molar-refractivity contribution >= 4 is 85.6 Å². The topological polar surface area (TPSA) is 85.8 Å². The molecule has 0 spiro atoms. The molecule has 1 saturated carbocycles. The monoisotopic (exact) mass is 650 g/mol. The van der Waals surface area contributed by atoms with Crippen LogP contribution in [0.5, 0.6) is 0 Å². The van der Waals surface area contributed by atoms with Crippen LogP contribution in [0.1, 0.15) is 54.9 Å². The van der Waals surface area contributed by atoms with E-state index >= 15 is 0 Å². The number of amides is 1. The third-order valence-electron chi connectivity index (χ3n) is 8.34. The molecule has 7 nitrogen and oxygen atoms in total. The average Bonchev–Trinajstić information content (AvgIpc) is 3.74. The van der Waals surface area contributed by atoms with E-state index in [1.807, 2.05) is 11.4 Å². The number of hydrogen-bond donors (Lipinski definition) is 2.